The zero-order chi connectivity index (χ0) is 24.1. The van der Waals surface area contributed by atoms with Crippen LogP contribution in [-0.2, 0) is 14.8 Å². The number of carbonyl (C=O) groups is 1. The van der Waals surface area contributed by atoms with Crippen molar-refractivity contribution in [1.29, 1.82) is 0 Å². The van der Waals surface area contributed by atoms with Crippen LogP contribution in [0.25, 0.3) is 0 Å². The molecule has 178 valence electrons. The summed E-state index contributed by atoms with van der Waals surface area (Å²) < 4.78 is 38.2. The Labute approximate surface area is 204 Å². The maximum Gasteiger partial charge on any atom is 0.243 e. The molecule has 3 aromatic rings. The normalized spacial score (nSPS) is 15.0. The second-order valence-electron chi connectivity index (χ2n) is 7.90. The van der Waals surface area contributed by atoms with Gasteiger partial charge in [-0.1, -0.05) is 29.8 Å². The Hall–Kier alpha value is -3.07. The summed E-state index contributed by atoms with van der Waals surface area (Å²) in [5.74, 6) is 1.42. The fourth-order valence-electron chi connectivity index (χ4n) is 3.79. The molecular weight excluding hydrogens is 476 g/mol. The summed E-state index contributed by atoms with van der Waals surface area (Å²) in [6, 6.07) is 21.0. The number of nitrogens with one attached hydrogen (secondary N) is 1. The lowest BCUT2D eigenvalue weighted by molar-refractivity contribution is -0.120. The van der Waals surface area contributed by atoms with Crippen molar-refractivity contribution in [2.24, 2.45) is 5.92 Å². The Kier molecular flexibility index (Phi) is 7.41. The zero-order valence-electron chi connectivity index (χ0n) is 18.6. The van der Waals surface area contributed by atoms with Crippen LogP contribution in [-0.4, -0.2) is 38.8 Å². The average molecular weight is 501 g/mol. The van der Waals surface area contributed by atoms with Crippen LogP contribution in [0.4, 0.5) is 5.69 Å². The summed E-state index contributed by atoms with van der Waals surface area (Å²) in [7, 11) is -2.23. The first kappa shape index (κ1) is 24.1. The minimum atomic E-state index is -3.70. The van der Waals surface area contributed by atoms with Crippen molar-refractivity contribution in [3.8, 4) is 17.2 Å². The molecule has 0 radical (unpaired) electrons. The third-order valence-electron chi connectivity index (χ3n) is 5.69. The standard InChI is InChI=1S/C25H25ClN2O5S/c1-32-24-12-11-22(17-23(24)26)34(30,31)28-15-13-18(14-16-28)25(29)27-19-7-9-21(10-8-19)33-20-5-3-2-4-6-20/h2-12,17-18H,13-16H2,1H3,(H,27,29). The van der Waals surface area contributed by atoms with Crippen LogP contribution in [0.1, 0.15) is 12.8 Å². The van der Waals surface area contributed by atoms with Gasteiger partial charge in [0.15, 0.2) is 0 Å². The Bertz CT molecular complexity index is 1240. The Morgan fingerprint density at radius 3 is 2.24 bits per heavy atom. The zero-order valence-corrected chi connectivity index (χ0v) is 20.2. The quantitative estimate of drug-likeness (QED) is 0.483. The molecule has 0 aliphatic carbocycles. The summed E-state index contributed by atoms with van der Waals surface area (Å²) in [4.78, 5) is 12.9. The summed E-state index contributed by atoms with van der Waals surface area (Å²) >= 11 is 6.10. The number of ether oxygens (including phenoxy) is 2. The molecule has 7 nitrogen and oxygen atoms in total. The fourth-order valence-corrected chi connectivity index (χ4v) is 5.61. The number of sulfonamides is 1. The van der Waals surface area contributed by atoms with E-state index < -0.39 is 10.0 Å². The number of hydrogen-bond acceptors (Lipinski definition) is 5. The van der Waals surface area contributed by atoms with Gasteiger partial charge in [-0.15, -0.1) is 0 Å². The molecule has 1 aliphatic heterocycles. The van der Waals surface area contributed by atoms with Gasteiger partial charge in [-0.05, 0) is 67.4 Å². The van der Waals surface area contributed by atoms with Crippen molar-refractivity contribution in [1.82, 2.24) is 4.31 Å². The number of carbonyl (C=O) groups excluding carboxylic acids is 1. The maximum absolute atomic E-state index is 13.0. The summed E-state index contributed by atoms with van der Waals surface area (Å²) in [6.45, 7) is 0.516. The Morgan fingerprint density at radius 2 is 1.62 bits per heavy atom. The number of methoxy groups -OCH3 is 1. The molecule has 0 saturated carbocycles. The van der Waals surface area contributed by atoms with Crippen molar-refractivity contribution in [2.75, 3.05) is 25.5 Å². The van der Waals surface area contributed by atoms with Gasteiger partial charge in [0.25, 0.3) is 0 Å². The van der Waals surface area contributed by atoms with Crippen molar-refractivity contribution in [2.45, 2.75) is 17.7 Å². The molecule has 0 atom stereocenters. The Balaban J connectivity index is 1.32. The molecule has 1 fully saturated rings. The molecule has 1 amide bonds. The molecule has 1 saturated heterocycles. The van der Waals surface area contributed by atoms with Crippen LogP contribution >= 0.6 is 11.6 Å². The number of anilines is 1. The van der Waals surface area contributed by atoms with E-state index in [2.05, 4.69) is 5.32 Å². The van der Waals surface area contributed by atoms with Gasteiger partial charge >= 0.3 is 0 Å². The number of halogens is 1. The van der Waals surface area contributed by atoms with Gasteiger partial charge in [-0.3, -0.25) is 4.79 Å². The van der Waals surface area contributed by atoms with E-state index in [1.165, 1.54) is 29.6 Å². The van der Waals surface area contributed by atoms with E-state index in [0.29, 0.717) is 30.0 Å². The molecule has 1 N–H and O–H groups in total. The molecule has 0 spiro atoms. The molecule has 1 aliphatic rings. The third-order valence-corrected chi connectivity index (χ3v) is 7.88. The highest BCUT2D eigenvalue weighted by Gasteiger charge is 2.32. The molecule has 9 heteroatoms. The summed E-state index contributed by atoms with van der Waals surface area (Å²) in [5.41, 5.74) is 0.660. The highest BCUT2D eigenvalue weighted by molar-refractivity contribution is 7.89. The number of hydrogen-bond donors (Lipinski definition) is 1. The van der Waals surface area contributed by atoms with Crippen molar-refractivity contribution in [3.63, 3.8) is 0 Å². The first-order valence-electron chi connectivity index (χ1n) is 10.8. The largest absolute Gasteiger partial charge is 0.495 e. The fraction of sp³-hybridized carbons (Fsp3) is 0.240. The van der Waals surface area contributed by atoms with Gasteiger partial charge < -0.3 is 14.8 Å². The molecule has 0 bridgehead atoms. The highest BCUT2D eigenvalue weighted by atomic mass is 35.5. The van der Waals surface area contributed by atoms with Crippen LogP contribution in [0.15, 0.2) is 77.7 Å². The van der Waals surface area contributed by atoms with Crippen LogP contribution in [0, 0.1) is 5.92 Å². The number of benzene rings is 3. The number of para-hydroxylation sites is 1. The van der Waals surface area contributed by atoms with Gasteiger partial charge in [-0.2, -0.15) is 4.31 Å². The van der Waals surface area contributed by atoms with E-state index in [-0.39, 0.29) is 34.8 Å². The van der Waals surface area contributed by atoms with E-state index in [9.17, 15) is 13.2 Å². The lowest BCUT2D eigenvalue weighted by atomic mass is 9.97. The predicted molar refractivity (Wildman–Crippen MR) is 131 cm³/mol. The van der Waals surface area contributed by atoms with Gasteiger partial charge in [0.2, 0.25) is 15.9 Å². The van der Waals surface area contributed by atoms with Crippen molar-refractivity contribution >= 4 is 33.2 Å². The Morgan fingerprint density at radius 1 is 0.971 bits per heavy atom. The van der Waals surface area contributed by atoms with E-state index >= 15 is 0 Å². The predicted octanol–water partition coefficient (Wildman–Crippen LogP) is 5.18. The first-order valence-corrected chi connectivity index (χ1v) is 12.7. The monoisotopic (exact) mass is 500 g/mol. The average Bonchev–Trinajstić information content (AvgIpc) is 2.86. The van der Waals surface area contributed by atoms with Crippen molar-refractivity contribution in [3.05, 3.63) is 77.8 Å². The summed E-state index contributed by atoms with van der Waals surface area (Å²) in [5, 5.41) is 3.15. The third kappa shape index (κ3) is 5.52. The number of piperidine rings is 1. The molecule has 4 rings (SSSR count). The van der Waals surface area contributed by atoms with Crippen molar-refractivity contribution < 1.29 is 22.7 Å². The smallest absolute Gasteiger partial charge is 0.243 e. The van der Waals surface area contributed by atoms with E-state index in [1.807, 2.05) is 30.3 Å². The SMILES string of the molecule is COc1ccc(S(=O)(=O)N2CCC(C(=O)Nc3ccc(Oc4ccccc4)cc3)CC2)cc1Cl. The maximum atomic E-state index is 13.0. The molecule has 34 heavy (non-hydrogen) atoms. The van der Waals surface area contributed by atoms with Gasteiger partial charge in [0.1, 0.15) is 17.2 Å². The van der Waals surface area contributed by atoms with Crippen LogP contribution in [0.3, 0.4) is 0 Å². The van der Waals surface area contributed by atoms with E-state index in [1.54, 1.807) is 24.3 Å². The van der Waals surface area contributed by atoms with Gasteiger partial charge in [0.05, 0.1) is 17.0 Å². The topological polar surface area (TPSA) is 84.9 Å². The molecule has 1 heterocycles. The summed E-state index contributed by atoms with van der Waals surface area (Å²) in [6.07, 6.45) is 0.869. The first-order chi connectivity index (χ1) is 16.4. The second-order valence-corrected chi connectivity index (χ2v) is 10.2. The van der Waals surface area contributed by atoms with Gasteiger partial charge in [0, 0.05) is 24.7 Å². The second kappa shape index (κ2) is 10.5. The molecule has 3 aromatic carbocycles. The molecule has 0 unspecified atom stereocenters. The highest BCUT2D eigenvalue weighted by Crippen LogP contribution is 2.30. The number of amides is 1. The number of rotatable bonds is 7. The lowest BCUT2D eigenvalue weighted by Gasteiger charge is -2.30. The molecular formula is C25H25ClN2O5S. The molecule has 0 aromatic heterocycles. The van der Waals surface area contributed by atoms with Crippen LogP contribution in [0.2, 0.25) is 5.02 Å². The number of nitrogens with zero attached hydrogens (tertiary/aromatic N) is 1. The van der Waals surface area contributed by atoms with Gasteiger partial charge in [-0.25, -0.2) is 8.42 Å². The van der Waals surface area contributed by atoms with E-state index in [4.69, 9.17) is 21.1 Å². The minimum Gasteiger partial charge on any atom is -0.495 e. The minimum absolute atomic E-state index is 0.110. The van der Waals surface area contributed by atoms with Crippen LogP contribution < -0.4 is 14.8 Å². The van der Waals surface area contributed by atoms with E-state index in [0.717, 1.165) is 5.75 Å². The lowest BCUT2D eigenvalue weighted by Crippen LogP contribution is -2.41. The van der Waals surface area contributed by atoms with Crippen LogP contribution in [0.5, 0.6) is 17.2 Å².